The van der Waals surface area contributed by atoms with Gasteiger partial charge < -0.3 is 10.2 Å². The smallest absolute Gasteiger partial charge is 0.251 e. The van der Waals surface area contributed by atoms with Gasteiger partial charge in [0.2, 0.25) is 10.0 Å². The molecule has 0 spiro atoms. The molecular formula is C28H35N5O3S2. The first-order valence-electron chi connectivity index (χ1n) is 12.7. The van der Waals surface area contributed by atoms with Crippen molar-refractivity contribution in [1.29, 1.82) is 0 Å². The van der Waals surface area contributed by atoms with Crippen LogP contribution in [0.25, 0.3) is 10.2 Å². The Balaban J connectivity index is 1.26. The monoisotopic (exact) mass is 553 g/mol. The molecule has 0 radical (unpaired) electrons. The number of hydrogen-bond acceptors (Lipinski definition) is 7. The summed E-state index contributed by atoms with van der Waals surface area (Å²) in [5.74, 6) is -0.221. The van der Waals surface area contributed by atoms with Crippen molar-refractivity contribution in [2.75, 3.05) is 57.3 Å². The maximum Gasteiger partial charge on any atom is 0.251 e. The van der Waals surface area contributed by atoms with Crippen LogP contribution in [-0.4, -0.2) is 80.9 Å². The summed E-state index contributed by atoms with van der Waals surface area (Å²) >= 11 is 1.76. The third kappa shape index (κ3) is 6.15. The number of piperazine rings is 1. The van der Waals surface area contributed by atoms with Crippen LogP contribution in [0.5, 0.6) is 0 Å². The molecule has 0 atom stereocenters. The van der Waals surface area contributed by atoms with Crippen molar-refractivity contribution < 1.29 is 13.2 Å². The van der Waals surface area contributed by atoms with Crippen molar-refractivity contribution >= 4 is 42.6 Å². The highest BCUT2D eigenvalue weighted by Crippen LogP contribution is 2.33. The van der Waals surface area contributed by atoms with Crippen LogP contribution in [0.2, 0.25) is 0 Å². The molecule has 1 saturated heterocycles. The summed E-state index contributed by atoms with van der Waals surface area (Å²) in [7, 11) is -3.69. The van der Waals surface area contributed by atoms with E-state index in [0.717, 1.165) is 43.4 Å². The molecular weight excluding hydrogens is 518 g/mol. The lowest BCUT2D eigenvalue weighted by Gasteiger charge is -2.34. The second kappa shape index (κ2) is 12.2. The summed E-state index contributed by atoms with van der Waals surface area (Å²) in [5, 5.41) is 4.03. The van der Waals surface area contributed by atoms with Gasteiger partial charge in [-0.2, -0.15) is 4.31 Å². The number of rotatable bonds is 11. The zero-order chi connectivity index (χ0) is 27.3. The molecule has 1 aliphatic rings. The van der Waals surface area contributed by atoms with Gasteiger partial charge in [-0.25, -0.2) is 13.4 Å². The number of nitrogens with zero attached hydrogens (tertiary/aromatic N) is 4. The highest BCUT2D eigenvalue weighted by Gasteiger charge is 2.23. The van der Waals surface area contributed by atoms with Gasteiger partial charge in [-0.1, -0.05) is 35.6 Å². The van der Waals surface area contributed by atoms with Gasteiger partial charge in [0.25, 0.3) is 5.91 Å². The number of nitrogens with one attached hydrogen (secondary N) is 1. The fraction of sp³-hybridized carbons (Fsp3) is 0.357. The van der Waals surface area contributed by atoms with E-state index in [0.29, 0.717) is 12.1 Å². The van der Waals surface area contributed by atoms with E-state index < -0.39 is 10.0 Å². The standard InChI is InChI=1S/C28H35N5O3S2/c1-5-14-33(15-6-2)38(35,36)24-11-9-23(10-12-24)27(34)29-13-16-31-17-19-32(20-18-31)28-30-25-21(3)7-8-22(4)26(25)37-28/h5-12H,1-2,13-20H2,3-4H3,(H,29,34). The first-order valence-corrected chi connectivity index (χ1v) is 14.9. The number of aromatic nitrogens is 1. The van der Waals surface area contributed by atoms with Crippen molar-refractivity contribution in [2.45, 2.75) is 18.7 Å². The predicted molar refractivity (Wildman–Crippen MR) is 156 cm³/mol. The minimum Gasteiger partial charge on any atom is -0.351 e. The highest BCUT2D eigenvalue weighted by atomic mass is 32.2. The number of sulfonamides is 1. The summed E-state index contributed by atoms with van der Waals surface area (Å²) in [6, 6.07) is 10.3. The minimum atomic E-state index is -3.69. The Kier molecular flexibility index (Phi) is 8.99. The van der Waals surface area contributed by atoms with Crippen LogP contribution in [0.3, 0.4) is 0 Å². The lowest BCUT2D eigenvalue weighted by atomic mass is 10.1. The van der Waals surface area contributed by atoms with E-state index >= 15 is 0 Å². The number of carbonyl (C=O) groups excluding carboxylic acids is 1. The van der Waals surface area contributed by atoms with Gasteiger partial charge in [0.05, 0.1) is 15.1 Å². The Morgan fingerprint density at radius 3 is 2.26 bits per heavy atom. The van der Waals surface area contributed by atoms with Crippen LogP contribution >= 0.6 is 11.3 Å². The summed E-state index contributed by atoms with van der Waals surface area (Å²) in [4.78, 5) is 22.4. The maximum absolute atomic E-state index is 12.8. The average molecular weight is 554 g/mol. The van der Waals surface area contributed by atoms with Gasteiger partial charge in [0.15, 0.2) is 5.13 Å². The number of thiazole rings is 1. The van der Waals surface area contributed by atoms with Gasteiger partial charge in [0.1, 0.15) is 0 Å². The summed E-state index contributed by atoms with van der Waals surface area (Å²) in [5.41, 5.74) is 4.00. The SMILES string of the molecule is C=CCN(CC=C)S(=O)(=O)c1ccc(C(=O)NCCN2CCN(c3nc4c(C)ccc(C)c4s3)CC2)cc1. The van der Waals surface area contributed by atoms with Gasteiger partial charge in [-0.3, -0.25) is 9.69 Å². The first-order chi connectivity index (χ1) is 18.2. The van der Waals surface area contributed by atoms with Crippen LogP contribution in [0.4, 0.5) is 5.13 Å². The number of anilines is 1. The average Bonchev–Trinajstić information content (AvgIpc) is 3.38. The lowest BCUT2D eigenvalue weighted by molar-refractivity contribution is 0.0947. The van der Waals surface area contributed by atoms with Crippen molar-refractivity contribution in [1.82, 2.24) is 19.5 Å². The number of carbonyl (C=O) groups is 1. The molecule has 4 rings (SSSR count). The number of benzene rings is 2. The molecule has 1 aliphatic heterocycles. The molecule has 1 N–H and O–H groups in total. The summed E-state index contributed by atoms with van der Waals surface area (Å²) < 4.78 is 28.2. The summed E-state index contributed by atoms with van der Waals surface area (Å²) in [6.07, 6.45) is 3.07. The molecule has 0 unspecified atom stereocenters. The third-order valence-corrected chi connectivity index (χ3v) is 9.80. The van der Waals surface area contributed by atoms with Gasteiger partial charge in [0, 0.05) is 57.9 Å². The molecule has 10 heteroatoms. The zero-order valence-corrected chi connectivity index (χ0v) is 23.7. The number of amides is 1. The van der Waals surface area contributed by atoms with Gasteiger partial charge in [-0.05, 0) is 49.2 Å². The quantitative estimate of drug-likeness (QED) is 0.364. The molecule has 2 heterocycles. The Labute approximate surface area is 229 Å². The fourth-order valence-electron chi connectivity index (χ4n) is 4.46. The van der Waals surface area contributed by atoms with Crippen LogP contribution in [0, 0.1) is 13.8 Å². The van der Waals surface area contributed by atoms with Crippen molar-refractivity contribution in [3.05, 3.63) is 78.4 Å². The topological polar surface area (TPSA) is 85.8 Å². The van der Waals surface area contributed by atoms with Gasteiger partial charge in [-0.15, -0.1) is 13.2 Å². The molecule has 38 heavy (non-hydrogen) atoms. The zero-order valence-electron chi connectivity index (χ0n) is 22.0. The van der Waals surface area contributed by atoms with E-state index in [1.165, 1.54) is 44.4 Å². The molecule has 1 fully saturated rings. The molecule has 1 aromatic heterocycles. The van der Waals surface area contributed by atoms with Crippen LogP contribution < -0.4 is 10.2 Å². The molecule has 3 aromatic rings. The Morgan fingerprint density at radius 1 is 1.03 bits per heavy atom. The molecule has 0 bridgehead atoms. The van der Waals surface area contributed by atoms with E-state index in [2.05, 4.69) is 54.3 Å². The van der Waals surface area contributed by atoms with Gasteiger partial charge >= 0.3 is 0 Å². The van der Waals surface area contributed by atoms with Crippen molar-refractivity contribution in [3.8, 4) is 0 Å². The number of hydrogen-bond donors (Lipinski definition) is 1. The van der Waals surface area contributed by atoms with Crippen molar-refractivity contribution in [3.63, 3.8) is 0 Å². The molecule has 1 amide bonds. The van der Waals surface area contributed by atoms with E-state index in [1.807, 2.05) is 0 Å². The molecule has 202 valence electrons. The molecule has 8 nitrogen and oxygen atoms in total. The second-order valence-corrected chi connectivity index (χ2v) is 12.3. The van der Waals surface area contributed by atoms with Crippen LogP contribution in [0.1, 0.15) is 21.5 Å². The summed E-state index contributed by atoms with van der Waals surface area (Å²) in [6.45, 7) is 16.7. The highest BCUT2D eigenvalue weighted by molar-refractivity contribution is 7.89. The van der Waals surface area contributed by atoms with Crippen LogP contribution in [-0.2, 0) is 10.0 Å². The van der Waals surface area contributed by atoms with E-state index in [4.69, 9.17) is 4.98 Å². The number of fused-ring (bicyclic) bond motifs is 1. The van der Waals surface area contributed by atoms with E-state index in [9.17, 15) is 13.2 Å². The Bertz CT molecular complexity index is 1360. The van der Waals surface area contributed by atoms with E-state index in [1.54, 1.807) is 23.5 Å². The maximum atomic E-state index is 12.8. The lowest BCUT2D eigenvalue weighted by Crippen LogP contribution is -2.48. The second-order valence-electron chi connectivity index (χ2n) is 9.38. The Morgan fingerprint density at radius 2 is 1.66 bits per heavy atom. The Hall–Kier alpha value is -3.05. The molecule has 0 saturated carbocycles. The first kappa shape index (κ1) is 28.0. The minimum absolute atomic E-state index is 0.133. The normalized spacial score (nSPS) is 14.7. The fourth-order valence-corrected chi connectivity index (χ4v) is 7.01. The van der Waals surface area contributed by atoms with Crippen LogP contribution in [0.15, 0.2) is 66.6 Å². The van der Waals surface area contributed by atoms with Crippen molar-refractivity contribution in [2.24, 2.45) is 0 Å². The van der Waals surface area contributed by atoms with E-state index in [-0.39, 0.29) is 23.9 Å². The largest absolute Gasteiger partial charge is 0.351 e. The molecule has 2 aromatic carbocycles. The molecule has 0 aliphatic carbocycles. The third-order valence-electron chi connectivity index (χ3n) is 6.71. The number of aryl methyl sites for hydroxylation is 2. The predicted octanol–water partition coefficient (Wildman–Crippen LogP) is 3.83.